The number of rotatable bonds is 3. The smallest absolute Gasteiger partial charge is 0.135 e. The van der Waals surface area contributed by atoms with Crippen LogP contribution in [0.1, 0.15) is 37.4 Å². The van der Waals surface area contributed by atoms with E-state index in [0.717, 1.165) is 30.0 Å². The highest BCUT2D eigenvalue weighted by molar-refractivity contribution is 7.99. The van der Waals surface area contributed by atoms with Crippen LogP contribution < -0.4 is 4.90 Å². The first-order valence-corrected chi connectivity index (χ1v) is 8.25. The van der Waals surface area contributed by atoms with Crippen LogP contribution in [0.4, 0.5) is 5.82 Å². The molecule has 0 atom stereocenters. The summed E-state index contributed by atoms with van der Waals surface area (Å²) in [6, 6.07) is 1.91. The molecule has 0 amide bonds. The number of piperidine rings is 1. The summed E-state index contributed by atoms with van der Waals surface area (Å²) in [6.45, 7) is 2.17. The maximum absolute atomic E-state index is 6.12. The summed E-state index contributed by atoms with van der Waals surface area (Å²) in [5.74, 6) is 2.53. The van der Waals surface area contributed by atoms with Crippen molar-refractivity contribution in [1.82, 2.24) is 9.97 Å². The fraction of sp³-hybridized carbons (Fsp3) is 0.692. The van der Waals surface area contributed by atoms with Gasteiger partial charge in [-0.25, -0.2) is 9.97 Å². The Kier molecular flexibility index (Phi) is 3.66. The predicted octanol–water partition coefficient (Wildman–Crippen LogP) is 3.34. The lowest BCUT2D eigenvalue weighted by Gasteiger charge is -2.32. The summed E-state index contributed by atoms with van der Waals surface area (Å²) < 4.78 is 0. The van der Waals surface area contributed by atoms with Crippen LogP contribution in [0, 0.1) is 0 Å². The van der Waals surface area contributed by atoms with Gasteiger partial charge in [0.1, 0.15) is 16.8 Å². The van der Waals surface area contributed by atoms with E-state index in [1.807, 2.05) is 17.8 Å². The lowest BCUT2D eigenvalue weighted by molar-refractivity contribution is 0.585. The molecule has 1 saturated heterocycles. The van der Waals surface area contributed by atoms with Crippen LogP contribution in [-0.4, -0.2) is 34.6 Å². The zero-order chi connectivity index (χ0) is 12.5. The Labute approximate surface area is 117 Å². The Morgan fingerprint density at radius 3 is 2.56 bits per heavy atom. The first-order chi connectivity index (χ1) is 8.76. The quantitative estimate of drug-likeness (QED) is 0.796. The molecule has 2 heterocycles. The standard InChI is InChI=1S/C13H18ClN3S/c1-18-10-4-6-17(7-5-10)12-8-11(14)15-13(16-12)9-2-3-9/h8-10H,2-7H2,1H3. The van der Waals surface area contributed by atoms with Crippen LogP contribution >= 0.6 is 23.4 Å². The number of aromatic nitrogens is 2. The van der Waals surface area contributed by atoms with E-state index in [1.165, 1.54) is 25.7 Å². The molecule has 1 aromatic heterocycles. The molecule has 1 saturated carbocycles. The Morgan fingerprint density at radius 2 is 1.94 bits per heavy atom. The van der Waals surface area contributed by atoms with Crippen molar-refractivity contribution in [3.8, 4) is 0 Å². The fourth-order valence-electron chi connectivity index (χ4n) is 2.43. The van der Waals surface area contributed by atoms with Crippen molar-refractivity contribution in [2.24, 2.45) is 0 Å². The lowest BCUT2D eigenvalue weighted by Crippen LogP contribution is -2.35. The highest BCUT2D eigenvalue weighted by Crippen LogP contribution is 2.39. The summed E-state index contributed by atoms with van der Waals surface area (Å²) in [4.78, 5) is 11.4. The number of halogens is 1. The van der Waals surface area contributed by atoms with Gasteiger partial charge >= 0.3 is 0 Å². The van der Waals surface area contributed by atoms with Crippen LogP contribution in [0.15, 0.2) is 6.07 Å². The molecule has 1 aliphatic heterocycles. The van der Waals surface area contributed by atoms with Gasteiger partial charge in [-0.2, -0.15) is 11.8 Å². The van der Waals surface area contributed by atoms with E-state index < -0.39 is 0 Å². The zero-order valence-corrected chi connectivity index (χ0v) is 12.2. The average Bonchev–Trinajstić information content (AvgIpc) is 3.22. The third kappa shape index (κ3) is 2.75. The minimum atomic E-state index is 0.561. The summed E-state index contributed by atoms with van der Waals surface area (Å²) in [6.07, 6.45) is 7.11. The van der Waals surface area contributed by atoms with Crippen molar-refractivity contribution in [3.05, 3.63) is 17.0 Å². The van der Waals surface area contributed by atoms with Gasteiger partial charge in [-0.3, -0.25) is 0 Å². The minimum Gasteiger partial charge on any atom is -0.356 e. The van der Waals surface area contributed by atoms with Gasteiger partial charge in [0.25, 0.3) is 0 Å². The largest absolute Gasteiger partial charge is 0.356 e. The average molecular weight is 284 g/mol. The highest BCUT2D eigenvalue weighted by atomic mass is 35.5. The van der Waals surface area contributed by atoms with E-state index >= 15 is 0 Å². The van der Waals surface area contributed by atoms with Crippen LogP contribution in [-0.2, 0) is 0 Å². The van der Waals surface area contributed by atoms with Gasteiger partial charge in [0.2, 0.25) is 0 Å². The van der Waals surface area contributed by atoms with Gasteiger partial charge in [-0.15, -0.1) is 0 Å². The first kappa shape index (κ1) is 12.5. The van der Waals surface area contributed by atoms with E-state index in [4.69, 9.17) is 16.6 Å². The molecule has 0 N–H and O–H groups in total. The lowest BCUT2D eigenvalue weighted by atomic mass is 10.1. The monoisotopic (exact) mass is 283 g/mol. The molecule has 18 heavy (non-hydrogen) atoms. The van der Waals surface area contributed by atoms with Gasteiger partial charge in [-0.1, -0.05) is 11.6 Å². The molecule has 3 rings (SSSR count). The predicted molar refractivity (Wildman–Crippen MR) is 77.8 cm³/mol. The molecule has 0 spiro atoms. The summed E-state index contributed by atoms with van der Waals surface area (Å²) in [5, 5.41) is 1.40. The maximum Gasteiger partial charge on any atom is 0.135 e. The fourth-order valence-corrected chi connectivity index (χ4v) is 3.30. The van der Waals surface area contributed by atoms with Crippen molar-refractivity contribution >= 4 is 29.2 Å². The SMILES string of the molecule is CSC1CCN(c2cc(Cl)nc(C3CC3)n2)CC1. The van der Waals surface area contributed by atoms with Gasteiger partial charge in [0.15, 0.2) is 0 Å². The number of thioether (sulfide) groups is 1. The molecule has 2 aliphatic rings. The summed E-state index contributed by atoms with van der Waals surface area (Å²) >= 11 is 8.09. The second-order valence-corrected chi connectivity index (χ2v) is 6.63. The molecule has 1 aliphatic carbocycles. The topological polar surface area (TPSA) is 29.0 Å². The van der Waals surface area contributed by atoms with Crippen LogP contribution in [0.25, 0.3) is 0 Å². The number of hydrogen-bond donors (Lipinski definition) is 0. The molecule has 0 unspecified atom stereocenters. The van der Waals surface area contributed by atoms with Crippen molar-refractivity contribution < 1.29 is 0 Å². The zero-order valence-electron chi connectivity index (χ0n) is 10.6. The van der Waals surface area contributed by atoms with Crippen LogP contribution in [0.5, 0.6) is 0 Å². The highest BCUT2D eigenvalue weighted by Gasteiger charge is 2.28. The third-order valence-electron chi connectivity index (χ3n) is 3.74. The Hall–Kier alpha value is -0.480. The molecule has 1 aromatic rings. The first-order valence-electron chi connectivity index (χ1n) is 6.58. The normalized spacial score (nSPS) is 21.3. The molecule has 98 valence electrons. The van der Waals surface area contributed by atoms with Gasteiger partial charge in [0, 0.05) is 30.3 Å². The number of nitrogens with zero attached hydrogens (tertiary/aromatic N) is 3. The molecule has 5 heteroatoms. The van der Waals surface area contributed by atoms with E-state index in [-0.39, 0.29) is 0 Å². The maximum atomic E-state index is 6.12. The van der Waals surface area contributed by atoms with E-state index in [9.17, 15) is 0 Å². The Balaban J connectivity index is 1.75. The molecule has 3 nitrogen and oxygen atoms in total. The van der Waals surface area contributed by atoms with E-state index in [2.05, 4.69) is 16.1 Å². The molecular formula is C13H18ClN3S. The van der Waals surface area contributed by atoms with Gasteiger partial charge in [-0.05, 0) is 31.9 Å². The van der Waals surface area contributed by atoms with Crippen molar-refractivity contribution in [3.63, 3.8) is 0 Å². The second kappa shape index (κ2) is 5.25. The molecule has 0 aromatic carbocycles. The molecule has 2 fully saturated rings. The van der Waals surface area contributed by atoms with Crippen molar-refractivity contribution in [1.29, 1.82) is 0 Å². The van der Waals surface area contributed by atoms with E-state index in [0.29, 0.717) is 11.1 Å². The minimum absolute atomic E-state index is 0.561. The summed E-state index contributed by atoms with van der Waals surface area (Å²) in [5.41, 5.74) is 0. The van der Waals surface area contributed by atoms with Crippen LogP contribution in [0.2, 0.25) is 5.15 Å². The van der Waals surface area contributed by atoms with Crippen LogP contribution in [0.3, 0.4) is 0 Å². The molecular weight excluding hydrogens is 266 g/mol. The Bertz CT molecular complexity index is 428. The molecule has 0 radical (unpaired) electrons. The number of hydrogen-bond acceptors (Lipinski definition) is 4. The summed E-state index contributed by atoms with van der Waals surface area (Å²) in [7, 11) is 0. The number of anilines is 1. The Morgan fingerprint density at radius 1 is 1.22 bits per heavy atom. The molecule has 0 bridgehead atoms. The third-order valence-corrected chi connectivity index (χ3v) is 5.07. The van der Waals surface area contributed by atoms with Gasteiger partial charge in [0.05, 0.1) is 0 Å². The second-order valence-electron chi connectivity index (χ2n) is 5.10. The van der Waals surface area contributed by atoms with Crippen molar-refractivity contribution in [2.45, 2.75) is 36.9 Å². The van der Waals surface area contributed by atoms with E-state index in [1.54, 1.807) is 0 Å². The van der Waals surface area contributed by atoms with Gasteiger partial charge < -0.3 is 4.90 Å². The van der Waals surface area contributed by atoms with Crippen molar-refractivity contribution in [2.75, 3.05) is 24.2 Å².